The van der Waals surface area contributed by atoms with Gasteiger partial charge in [-0.25, -0.2) is 40.0 Å². The van der Waals surface area contributed by atoms with Crippen LogP contribution in [0.2, 0.25) is 0 Å². The molecular formula is C94H104Mo4N12O16. The summed E-state index contributed by atoms with van der Waals surface area (Å²) in [6.45, 7) is 2.41. The van der Waals surface area contributed by atoms with Crippen molar-refractivity contribution in [2.45, 2.75) is 12.6 Å². The first kappa shape index (κ1) is 110. The maximum atomic E-state index is 8.05. The second-order valence-electron chi connectivity index (χ2n) is 24.3. The molecule has 32 heteroatoms. The third-order valence-electron chi connectivity index (χ3n) is 16.4. The van der Waals surface area contributed by atoms with Gasteiger partial charge in [0.05, 0.1) is 85.3 Å². The Bertz CT molecular complexity index is 3670. The van der Waals surface area contributed by atoms with Gasteiger partial charge in [-0.05, 0) is 158 Å². The maximum absolute atomic E-state index is 8.05. The Balaban J connectivity index is 0.000000500. The molecule has 0 aliphatic carbocycles. The van der Waals surface area contributed by atoms with Crippen LogP contribution in [0.15, 0.2) is 303 Å². The number of aliphatic hydroxyl groups excluding tert-OH is 2. The van der Waals surface area contributed by atoms with E-state index in [-0.39, 0.29) is 84.3 Å². The molecule has 0 aromatic heterocycles. The molecule has 0 atom stereocenters. The van der Waals surface area contributed by atoms with Crippen LogP contribution in [-0.4, -0.2) is 158 Å². The summed E-state index contributed by atoms with van der Waals surface area (Å²) < 4.78 is 61.1. The Morgan fingerprint density at radius 3 is 0.286 bits per heavy atom. The minimum Gasteiger partial charge on any atom is -0.699 e. The van der Waals surface area contributed by atoms with E-state index < -0.39 is 12.6 Å². The monoisotopic (exact) mass is 2050 g/mol. The van der Waals surface area contributed by atoms with E-state index in [1.807, 2.05) is 291 Å². The van der Waals surface area contributed by atoms with Crippen molar-refractivity contribution in [2.24, 2.45) is 0 Å². The average Bonchev–Trinajstić information content (AvgIpc) is 0.910. The third kappa shape index (κ3) is 46.2. The standard InChI is InChI=1S/6C15H16N2O2.C4H8O4.4Mo/c6*1-18-14-7-3-12(4-8-14)16-11-17-13-5-9-15(19-2)10-6-13;5-3(6)1-2-4(7)8;;;;/h6*3-10H,11H2,1-2H3;1-8H;;;;/q6*-2;;4*+3. The molecule has 0 saturated carbocycles. The number of aliphatic hydroxyl groups is 4. The normalized spacial score (nSPS) is 9.63. The average molecular weight is 2040 g/mol. The SMILES string of the molecule is COc1ccc([N-]C[N-]c2ccc(OC)cc2)cc1.COc1ccc([N-]C[N-]c2ccc(OC)cc2)cc1.COc1ccc([N-]C[N-]c2ccc(OC)cc2)cc1.COc1ccc([N-]C[N-]c2ccc(OC)cc2)cc1.COc1ccc([N-]C[N-]c2ccc(OC)cc2)cc1.COc1ccc([N-]C[N-]c2ccc(OC)cc2)cc1.OC(O)C=CC(O)O.[Mo+3].[Mo+3].[Mo+3].[Mo+3]. The molecule has 0 bridgehead atoms. The van der Waals surface area contributed by atoms with E-state index in [1.54, 1.807) is 85.3 Å². The van der Waals surface area contributed by atoms with Gasteiger partial charge >= 0.3 is 84.3 Å². The molecule has 4 N–H and O–H groups in total. The van der Waals surface area contributed by atoms with Crippen LogP contribution in [0.1, 0.15) is 0 Å². The molecular weight excluding hydrogens is 1940 g/mol. The smallest absolute Gasteiger partial charge is 0.699 e. The van der Waals surface area contributed by atoms with Gasteiger partial charge in [0.2, 0.25) is 0 Å². The van der Waals surface area contributed by atoms with Crippen LogP contribution in [0, 0.1) is 0 Å². The van der Waals surface area contributed by atoms with Crippen molar-refractivity contribution in [2.75, 3.05) is 125 Å². The predicted octanol–water partition coefficient (Wildman–Crippen LogP) is 24.4. The topological polar surface area (TPSA) is 361 Å². The Kier molecular flexibility index (Phi) is 58.3. The minimum atomic E-state index is -1.61. The molecule has 0 amide bonds. The first-order valence-corrected chi connectivity index (χ1v) is 37.7. The van der Waals surface area contributed by atoms with Gasteiger partial charge in [0.15, 0.2) is 12.6 Å². The van der Waals surface area contributed by atoms with E-state index in [0.717, 1.165) is 149 Å². The van der Waals surface area contributed by atoms with Crippen molar-refractivity contribution in [3.8, 4) is 69.0 Å². The number of nitrogens with zero attached hydrogens (tertiary/aromatic N) is 12. The van der Waals surface area contributed by atoms with Gasteiger partial charge in [-0.3, -0.25) is 0 Å². The van der Waals surface area contributed by atoms with E-state index >= 15 is 0 Å². The summed E-state index contributed by atoms with van der Waals surface area (Å²) >= 11 is 0. The molecule has 0 fully saturated rings. The van der Waals surface area contributed by atoms with Crippen molar-refractivity contribution in [1.29, 1.82) is 0 Å². The molecule has 0 heterocycles. The summed E-state index contributed by atoms with van der Waals surface area (Å²) in [6, 6.07) is 90.9. The van der Waals surface area contributed by atoms with Crippen LogP contribution < -0.4 is 56.8 Å². The molecule has 12 rings (SSSR count). The first-order valence-electron chi connectivity index (χ1n) is 37.7. The van der Waals surface area contributed by atoms with E-state index in [2.05, 4.69) is 63.8 Å². The van der Waals surface area contributed by atoms with Crippen molar-refractivity contribution >= 4 is 68.2 Å². The van der Waals surface area contributed by atoms with Crippen LogP contribution in [0.5, 0.6) is 69.0 Å². The molecule has 0 aliphatic rings. The number of benzene rings is 12. The van der Waals surface area contributed by atoms with E-state index in [4.69, 9.17) is 77.3 Å². The Labute approximate surface area is 797 Å². The fourth-order valence-corrected chi connectivity index (χ4v) is 9.64. The summed E-state index contributed by atoms with van der Waals surface area (Å²) in [7, 11) is 19.7. The summed E-state index contributed by atoms with van der Waals surface area (Å²) in [4.78, 5) is 0. The molecule has 4 radical (unpaired) electrons. The molecule has 126 heavy (non-hydrogen) atoms. The van der Waals surface area contributed by atoms with Crippen LogP contribution >= 0.6 is 0 Å². The number of ether oxygens (including phenoxy) is 12. The van der Waals surface area contributed by atoms with E-state index in [1.165, 1.54) is 0 Å². The molecule has 0 saturated heterocycles. The predicted molar refractivity (Wildman–Crippen MR) is 487 cm³/mol. The van der Waals surface area contributed by atoms with Gasteiger partial charge in [-0.1, -0.05) is 146 Å². The molecule has 0 spiro atoms. The molecule has 28 nitrogen and oxygen atoms in total. The largest absolute Gasteiger partial charge is 3.00 e. The summed E-state index contributed by atoms with van der Waals surface area (Å²) in [5.74, 6) is 9.90. The summed E-state index contributed by atoms with van der Waals surface area (Å²) in [6.07, 6.45) is -1.52. The Morgan fingerprint density at radius 1 is 0.159 bits per heavy atom. The number of hydrogen-bond acceptors (Lipinski definition) is 16. The van der Waals surface area contributed by atoms with Gasteiger partial charge in [0.25, 0.3) is 0 Å². The second-order valence-corrected chi connectivity index (χ2v) is 24.3. The van der Waals surface area contributed by atoms with Gasteiger partial charge < -0.3 is 141 Å². The molecule has 660 valence electrons. The second kappa shape index (κ2) is 66.6. The number of rotatable bonds is 38. The fourth-order valence-electron chi connectivity index (χ4n) is 9.64. The Morgan fingerprint density at radius 2 is 0.230 bits per heavy atom. The molecule has 0 aliphatic heterocycles. The van der Waals surface area contributed by atoms with Crippen molar-refractivity contribution in [3.05, 3.63) is 367 Å². The van der Waals surface area contributed by atoms with Crippen molar-refractivity contribution in [1.82, 2.24) is 0 Å². The zero-order valence-electron chi connectivity index (χ0n) is 72.0. The van der Waals surface area contributed by atoms with Gasteiger partial charge in [-0.15, -0.1) is 68.2 Å². The van der Waals surface area contributed by atoms with E-state index in [9.17, 15) is 0 Å². The van der Waals surface area contributed by atoms with Gasteiger partial charge in [0.1, 0.15) is 69.0 Å². The number of methoxy groups -OCH3 is 12. The number of hydrogen-bond donors (Lipinski definition) is 4. The zero-order valence-corrected chi connectivity index (χ0v) is 80.0. The molecule has 0 unspecified atom stereocenters. The van der Waals surface area contributed by atoms with Gasteiger partial charge in [-0.2, -0.15) is 0 Å². The summed E-state index contributed by atoms with van der Waals surface area (Å²) in [5.41, 5.74) is 10.6. The zero-order chi connectivity index (χ0) is 87.6. The molecule has 12 aromatic carbocycles. The van der Waals surface area contributed by atoms with E-state index in [0.29, 0.717) is 40.0 Å². The first-order chi connectivity index (χ1) is 59.5. The van der Waals surface area contributed by atoms with Gasteiger partial charge in [0, 0.05) is 0 Å². The van der Waals surface area contributed by atoms with Crippen LogP contribution in [0.3, 0.4) is 0 Å². The van der Waals surface area contributed by atoms with Crippen LogP contribution in [0.25, 0.3) is 63.8 Å². The van der Waals surface area contributed by atoms with Crippen molar-refractivity contribution < 1.29 is 162 Å². The quantitative estimate of drug-likeness (QED) is 0.0159. The van der Waals surface area contributed by atoms with Crippen LogP contribution in [-0.2, 0) is 84.3 Å². The maximum Gasteiger partial charge on any atom is 3.00 e. The summed E-state index contributed by atoms with van der Waals surface area (Å²) in [5, 5.41) is 84.6. The Hall–Kier alpha value is -11.8. The third-order valence-corrected chi connectivity index (χ3v) is 16.4. The van der Waals surface area contributed by atoms with Crippen LogP contribution in [0.4, 0.5) is 68.2 Å². The van der Waals surface area contributed by atoms with Crippen molar-refractivity contribution in [3.63, 3.8) is 0 Å². The molecule has 12 aromatic rings. The fraction of sp³-hybridized carbons (Fsp3) is 0.213. The minimum absolute atomic E-state index is 0.